The molecule has 4 aromatic rings. The third-order valence-corrected chi connectivity index (χ3v) is 5.17. The van der Waals surface area contributed by atoms with Gasteiger partial charge in [-0.25, -0.2) is 9.97 Å². The van der Waals surface area contributed by atoms with E-state index in [-0.39, 0.29) is 5.56 Å². The molecule has 0 amide bonds. The maximum Gasteiger partial charge on any atom is 0.417 e. The summed E-state index contributed by atoms with van der Waals surface area (Å²) in [6.07, 6.45) is -1.65. The number of anilines is 2. The Morgan fingerprint density at radius 2 is 1.71 bits per heavy atom. The van der Waals surface area contributed by atoms with Gasteiger partial charge in [-0.1, -0.05) is 38.1 Å². The molecule has 31 heavy (non-hydrogen) atoms. The number of benzene rings is 2. The minimum atomic E-state index is -4.45. The fraction of sp³-hybridized carbons (Fsp3) is 0.208. The van der Waals surface area contributed by atoms with Gasteiger partial charge in [-0.3, -0.25) is 4.98 Å². The summed E-state index contributed by atoms with van der Waals surface area (Å²) in [6, 6.07) is 13.1. The van der Waals surface area contributed by atoms with Crippen molar-refractivity contribution in [2.24, 2.45) is 0 Å². The molecule has 0 aliphatic carbocycles. The first-order valence-corrected chi connectivity index (χ1v) is 9.89. The molecule has 0 atom stereocenters. The molecule has 0 bridgehead atoms. The molecule has 158 valence electrons. The van der Waals surface area contributed by atoms with E-state index >= 15 is 0 Å². The number of hydrogen-bond donors (Lipinski definition) is 1. The SMILES string of the molecule is Cc1cc(Nc2ncnc3cc(-c4ccccc4C(F)(F)F)cnc23)ccc1C(C)C. The average Bonchev–Trinajstić information content (AvgIpc) is 2.73. The summed E-state index contributed by atoms with van der Waals surface area (Å²) in [6.45, 7) is 6.35. The van der Waals surface area contributed by atoms with E-state index in [2.05, 4.69) is 47.1 Å². The Bertz CT molecular complexity index is 1250. The zero-order valence-electron chi connectivity index (χ0n) is 17.3. The lowest BCUT2D eigenvalue weighted by atomic mass is 9.98. The Kier molecular flexibility index (Phi) is 5.35. The second-order valence-electron chi connectivity index (χ2n) is 7.71. The molecule has 0 unspecified atom stereocenters. The van der Waals surface area contributed by atoms with Crippen LogP contribution in [0.3, 0.4) is 0 Å². The molecule has 0 fully saturated rings. The van der Waals surface area contributed by atoms with Crippen LogP contribution in [0.25, 0.3) is 22.2 Å². The highest BCUT2D eigenvalue weighted by Gasteiger charge is 2.33. The van der Waals surface area contributed by atoms with Crippen LogP contribution in [0, 0.1) is 6.92 Å². The fourth-order valence-electron chi connectivity index (χ4n) is 3.70. The van der Waals surface area contributed by atoms with Gasteiger partial charge in [0.2, 0.25) is 0 Å². The minimum Gasteiger partial charge on any atom is -0.338 e. The van der Waals surface area contributed by atoms with Gasteiger partial charge in [0, 0.05) is 17.4 Å². The summed E-state index contributed by atoms with van der Waals surface area (Å²) in [5.41, 5.74) is 3.95. The van der Waals surface area contributed by atoms with Crippen molar-refractivity contribution >= 4 is 22.5 Å². The van der Waals surface area contributed by atoms with Crippen LogP contribution in [0.4, 0.5) is 24.7 Å². The Morgan fingerprint density at radius 1 is 0.935 bits per heavy atom. The minimum absolute atomic E-state index is 0.0671. The van der Waals surface area contributed by atoms with Crippen LogP contribution < -0.4 is 5.32 Å². The van der Waals surface area contributed by atoms with Gasteiger partial charge in [-0.2, -0.15) is 13.2 Å². The first-order chi connectivity index (χ1) is 14.7. The number of nitrogens with zero attached hydrogens (tertiary/aromatic N) is 3. The quantitative estimate of drug-likeness (QED) is 0.389. The highest BCUT2D eigenvalue weighted by molar-refractivity contribution is 5.89. The van der Waals surface area contributed by atoms with E-state index in [9.17, 15) is 13.2 Å². The molecule has 0 saturated heterocycles. The number of nitrogens with one attached hydrogen (secondary N) is 1. The van der Waals surface area contributed by atoms with E-state index in [0.717, 1.165) is 17.3 Å². The topological polar surface area (TPSA) is 50.7 Å². The molecule has 1 N–H and O–H groups in total. The number of halogens is 3. The molecule has 0 aliphatic rings. The first kappa shape index (κ1) is 20.8. The summed E-state index contributed by atoms with van der Waals surface area (Å²) < 4.78 is 40.2. The molecule has 0 saturated carbocycles. The summed E-state index contributed by atoms with van der Waals surface area (Å²) in [7, 11) is 0. The Morgan fingerprint density at radius 3 is 2.42 bits per heavy atom. The van der Waals surface area contributed by atoms with Crippen LogP contribution in [0.1, 0.15) is 36.5 Å². The normalized spacial score (nSPS) is 11.8. The van der Waals surface area contributed by atoms with Crippen LogP contribution >= 0.6 is 0 Å². The third-order valence-electron chi connectivity index (χ3n) is 5.17. The highest BCUT2D eigenvalue weighted by Crippen LogP contribution is 2.37. The molecule has 2 aromatic carbocycles. The number of rotatable bonds is 4. The van der Waals surface area contributed by atoms with Crippen molar-refractivity contribution < 1.29 is 13.2 Å². The first-order valence-electron chi connectivity index (χ1n) is 9.89. The molecule has 0 aliphatic heterocycles. The van der Waals surface area contributed by atoms with Crippen molar-refractivity contribution in [2.75, 3.05) is 5.32 Å². The fourth-order valence-corrected chi connectivity index (χ4v) is 3.70. The Hall–Kier alpha value is -3.48. The van der Waals surface area contributed by atoms with Crippen molar-refractivity contribution in [1.29, 1.82) is 0 Å². The van der Waals surface area contributed by atoms with Gasteiger partial charge in [0.25, 0.3) is 0 Å². The van der Waals surface area contributed by atoms with Gasteiger partial charge in [-0.15, -0.1) is 0 Å². The number of aromatic nitrogens is 3. The number of aryl methyl sites for hydroxylation is 1. The number of pyridine rings is 1. The van der Waals surface area contributed by atoms with Gasteiger partial charge in [0.15, 0.2) is 5.82 Å². The van der Waals surface area contributed by atoms with Crippen LogP contribution in [-0.2, 0) is 6.18 Å². The van der Waals surface area contributed by atoms with Gasteiger partial charge in [0.05, 0.1) is 11.1 Å². The van der Waals surface area contributed by atoms with Crippen LogP contribution in [0.15, 0.2) is 61.1 Å². The molecule has 4 rings (SSSR count). The second-order valence-corrected chi connectivity index (χ2v) is 7.71. The number of alkyl halides is 3. The third kappa shape index (κ3) is 4.21. The summed E-state index contributed by atoms with van der Waals surface area (Å²) in [5, 5.41) is 3.26. The lowest BCUT2D eigenvalue weighted by Crippen LogP contribution is -2.07. The van der Waals surface area contributed by atoms with Crippen LogP contribution in [-0.4, -0.2) is 15.0 Å². The van der Waals surface area contributed by atoms with E-state index in [4.69, 9.17) is 0 Å². The van der Waals surface area contributed by atoms with E-state index in [1.54, 1.807) is 12.1 Å². The van der Waals surface area contributed by atoms with E-state index in [0.29, 0.717) is 28.3 Å². The predicted octanol–water partition coefficient (Wildman–Crippen LogP) is 6.89. The van der Waals surface area contributed by atoms with Gasteiger partial charge in [-0.05, 0) is 53.8 Å². The van der Waals surface area contributed by atoms with Crippen LogP contribution in [0.5, 0.6) is 0 Å². The largest absolute Gasteiger partial charge is 0.417 e. The smallest absolute Gasteiger partial charge is 0.338 e. The average molecular weight is 422 g/mol. The molecule has 2 heterocycles. The van der Waals surface area contributed by atoms with Crippen molar-refractivity contribution in [3.05, 3.63) is 77.7 Å². The van der Waals surface area contributed by atoms with Gasteiger partial charge >= 0.3 is 6.18 Å². The van der Waals surface area contributed by atoms with E-state index in [1.807, 2.05) is 12.1 Å². The number of hydrogen-bond acceptors (Lipinski definition) is 4. The molecule has 7 heteroatoms. The number of fused-ring (bicyclic) bond motifs is 1. The van der Waals surface area contributed by atoms with Crippen molar-refractivity contribution in [1.82, 2.24) is 15.0 Å². The molecule has 0 spiro atoms. The molecule has 4 nitrogen and oxygen atoms in total. The Labute approximate surface area is 178 Å². The zero-order chi connectivity index (χ0) is 22.2. The maximum atomic E-state index is 13.4. The summed E-state index contributed by atoms with van der Waals surface area (Å²) in [5.74, 6) is 0.922. The molecule has 2 aromatic heterocycles. The monoisotopic (exact) mass is 422 g/mol. The standard InChI is InChI=1S/C24H21F3N4/c1-14(2)18-9-8-17(10-15(18)3)31-23-22-21(29-13-30-23)11-16(12-28-22)19-6-4-5-7-20(19)24(25,26)27/h4-14H,1-3H3,(H,29,30,31). The lowest BCUT2D eigenvalue weighted by molar-refractivity contribution is -0.137. The summed E-state index contributed by atoms with van der Waals surface area (Å²) in [4.78, 5) is 12.9. The molecule has 0 radical (unpaired) electrons. The predicted molar refractivity (Wildman–Crippen MR) is 116 cm³/mol. The molecular weight excluding hydrogens is 401 g/mol. The highest BCUT2D eigenvalue weighted by atomic mass is 19.4. The Balaban J connectivity index is 1.73. The van der Waals surface area contributed by atoms with Crippen molar-refractivity contribution in [3.8, 4) is 11.1 Å². The zero-order valence-corrected chi connectivity index (χ0v) is 17.3. The summed E-state index contributed by atoms with van der Waals surface area (Å²) >= 11 is 0. The van der Waals surface area contributed by atoms with Crippen LogP contribution in [0.2, 0.25) is 0 Å². The van der Waals surface area contributed by atoms with E-state index in [1.165, 1.54) is 30.2 Å². The maximum absolute atomic E-state index is 13.4. The molecular formula is C24H21F3N4. The van der Waals surface area contributed by atoms with Crippen molar-refractivity contribution in [2.45, 2.75) is 32.9 Å². The van der Waals surface area contributed by atoms with Gasteiger partial charge < -0.3 is 5.32 Å². The van der Waals surface area contributed by atoms with E-state index < -0.39 is 11.7 Å². The van der Waals surface area contributed by atoms with Gasteiger partial charge in [0.1, 0.15) is 11.8 Å². The van der Waals surface area contributed by atoms with Crippen molar-refractivity contribution in [3.63, 3.8) is 0 Å². The second kappa shape index (κ2) is 7.98. The lowest BCUT2D eigenvalue weighted by Gasteiger charge is -2.14.